The van der Waals surface area contributed by atoms with Crippen LogP contribution in [-0.4, -0.2) is 46.4 Å². The van der Waals surface area contributed by atoms with Gasteiger partial charge >= 0.3 is 0 Å². The minimum Gasteiger partial charge on any atom is -0.493 e. The third kappa shape index (κ3) is 7.31. The molecule has 0 radical (unpaired) electrons. The zero-order valence-corrected chi connectivity index (χ0v) is 20.9. The Balaban J connectivity index is 2.87. The molecule has 1 rings (SSSR count). The Labute approximate surface area is 190 Å². The number of ether oxygens (including phenoxy) is 3. The Morgan fingerprint density at radius 2 is 1.52 bits per heavy atom. The van der Waals surface area contributed by atoms with Gasteiger partial charge in [0.05, 0.1) is 32.8 Å². The van der Waals surface area contributed by atoms with Crippen molar-refractivity contribution in [2.45, 2.75) is 77.6 Å². The van der Waals surface area contributed by atoms with Crippen LogP contribution >= 0.6 is 0 Å². The highest BCUT2D eigenvalue weighted by Gasteiger charge is 2.39. The molecule has 0 amide bonds. The fourth-order valence-electron chi connectivity index (χ4n) is 4.33. The topological polar surface area (TPSA) is 54.7 Å². The van der Waals surface area contributed by atoms with Gasteiger partial charge in [-0.1, -0.05) is 52.9 Å². The first-order chi connectivity index (χ1) is 14.9. The molecule has 0 heterocycles. The summed E-state index contributed by atoms with van der Waals surface area (Å²) in [7, 11) is 7.02. The molecule has 1 aromatic rings. The van der Waals surface area contributed by atoms with Gasteiger partial charge in [0.25, 0.3) is 0 Å². The monoisotopic (exact) mass is 432 g/mol. The second-order valence-corrected chi connectivity index (χ2v) is 8.79. The molecule has 0 bridgehead atoms. The molecule has 0 aromatic heterocycles. The molecule has 1 aromatic carbocycles. The van der Waals surface area contributed by atoms with Crippen LogP contribution < -0.4 is 14.2 Å². The highest BCUT2D eigenvalue weighted by molar-refractivity contribution is 5.59. The van der Waals surface area contributed by atoms with Crippen LogP contribution in [0, 0.1) is 17.2 Å². The smallest absolute Gasteiger partial charge is 0.203 e. The quantitative estimate of drug-likeness (QED) is 0.291. The number of rotatable bonds is 16. The number of nitrogens with zero attached hydrogens (tertiary/aromatic N) is 2. The van der Waals surface area contributed by atoms with E-state index in [0.29, 0.717) is 17.2 Å². The average molecular weight is 433 g/mol. The number of methoxy groups -OCH3 is 3. The van der Waals surface area contributed by atoms with Crippen LogP contribution in [0.15, 0.2) is 12.1 Å². The van der Waals surface area contributed by atoms with E-state index in [9.17, 15) is 5.26 Å². The maximum atomic E-state index is 10.3. The molecule has 0 saturated heterocycles. The Kier molecular flexibility index (Phi) is 12.4. The fraction of sp³-hybridized carbons (Fsp3) is 0.731. The lowest BCUT2D eigenvalue weighted by Crippen LogP contribution is -2.33. The molecule has 0 fully saturated rings. The van der Waals surface area contributed by atoms with E-state index in [1.807, 2.05) is 12.1 Å². The third-order valence-electron chi connectivity index (χ3n) is 6.37. The summed E-state index contributed by atoms with van der Waals surface area (Å²) in [6, 6.07) is 6.48. The summed E-state index contributed by atoms with van der Waals surface area (Å²) in [6.45, 7) is 8.58. The minimum absolute atomic E-state index is 0.133. The van der Waals surface area contributed by atoms with Crippen LogP contribution in [0.25, 0.3) is 0 Å². The lowest BCUT2D eigenvalue weighted by molar-refractivity contribution is 0.276. The molecule has 0 spiro atoms. The van der Waals surface area contributed by atoms with Gasteiger partial charge in [0, 0.05) is 5.56 Å². The van der Waals surface area contributed by atoms with Crippen LogP contribution in [0.4, 0.5) is 0 Å². The number of hydrogen-bond acceptors (Lipinski definition) is 5. The number of benzene rings is 1. The minimum atomic E-state index is -0.647. The van der Waals surface area contributed by atoms with E-state index in [-0.39, 0.29) is 5.92 Å². The van der Waals surface area contributed by atoms with Crippen molar-refractivity contribution in [1.82, 2.24) is 4.90 Å². The number of nitriles is 1. The summed E-state index contributed by atoms with van der Waals surface area (Å²) in [5.74, 6) is 1.88. The molecule has 0 saturated carbocycles. The lowest BCUT2D eigenvalue weighted by atomic mass is 9.69. The molecule has 31 heavy (non-hydrogen) atoms. The van der Waals surface area contributed by atoms with E-state index in [1.54, 1.807) is 21.3 Å². The van der Waals surface area contributed by atoms with Crippen molar-refractivity contribution >= 4 is 0 Å². The lowest BCUT2D eigenvalue weighted by Gasteiger charge is -2.34. The van der Waals surface area contributed by atoms with E-state index in [2.05, 4.69) is 38.8 Å². The Bertz CT molecular complexity index is 684. The van der Waals surface area contributed by atoms with Crippen molar-refractivity contribution in [2.24, 2.45) is 5.92 Å². The Morgan fingerprint density at radius 3 is 2.06 bits per heavy atom. The second-order valence-electron chi connectivity index (χ2n) is 8.79. The highest BCUT2D eigenvalue weighted by Crippen LogP contribution is 2.48. The standard InChI is InChI=1S/C26H44N2O3/c1-8-9-10-11-12-13-18-28(4)19-14-17-26(20-27,21(2)3)22-15-16-23(29-5)25(31-7)24(22)30-6/h15-16,21H,8-14,17-19H2,1-7H3/t26-/m0/s1. The average Bonchev–Trinajstić information content (AvgIpc) is 2.77. The molecule has 0 aliphatic carbocycles. The first-order valence-corrected chi connectivity index (χ1v) is 11.8. The van der Waals surface area contributed by atoms with E-state index >= 15 is 0 Å². The molecule has 176 valence electrons. The molecular formula is C26H44N2O3. The summed E-state index contributed by atoms with van der Waals surface area (Å²) in [6.07, 6.45) is 9.61. The van der Waals surface area contributed by atoms with E-state index < -0.39 is 5.41 Å². The van der Waals surface area contributed by atoms with Gasteiger partial charge in [0.15, 0.2) is 11.5 Å². The van der Waals surface area contributed by atoms with Crippen LogP contribution in [0.1, 0.15) is 77.7 Å². The first-order valence-electron chi connectivity index (χ1n) is 11.8. The summed E-state index contributed by atoms with van der Waals surface area (Å²) in [5.41, 5.74) is 0.232. The van der Waals surface area contributed by atoms with Gasteiger partial charge in [-0.25, -0.2) is 0 Å². The van der Waals surface area contributed by atoms with Crippen molar-refractivity contribution < 1.29 is 14.2 Å². The highest BCUT2D eigenvalue weighted by atomic mass is 16.5. The Hall–Kier alpha value is -1.93. The molecular weight excluding hydrogens is 388 g/mol. The van der Waals surface area contributed by atoms with E-state index in [1.165, 1.54) is 38.5 Å². The van der Waals surface area contributed by atoms with Crippen molar-refractivity contribution in [2.75, 3.05) is 41.5 Å². The maximum absolute atomic E-state index is 10.3. The fourth-order valence-corrected chi connectivity index (χ4v) is 4.33. The van der Waals surface area contributed by atoms with Gasteiger partial charge in [-0.15, -0.1) is 0 Å². The normalized spacial score (nSPS) is 13.2. The van der Waals surface area contributed by atoms with Crippen molar-refractivity contribution in [3.05, 3.63) is 17.7 Å². The van der Waals surface area contributed by atoms with Gasteiger partial charge in [-0.05, 0) is 57.5 Å². The third-order valence-corrected chi connectivity index (χ3v) is 6.37. The summed E-state index contributed by atoms with van der Waals surface area (Å²) in [4.78, 5) is 2.40. The summed E-state index contributed by atoms with van der Waals surface area (Å²) < 4.78 is 16.7. The molecule has 5 nitrogen and oxygen atoms in total. The van der Waals surface area contributed by atoms with Crippen LogP contribution in [-0.2, 0) is 5.41 Å². The molecule has 0 N–H and O–H groups in total. The van der Waals surface area contributed by atoms with Crippen molar-refractivity contribution in [1.29, 1.82) is 5.26 Å². The molecule has 5 heteroatoms. The zero-order valence-electron chi connectivity index (χ0n) is 20.9. The van der Waals surface area contributed by atoms with E-state index in [4.69, 9.17) is 14.2 Å². The Morgan fingerprint density at radius 1 is 0.903 bits per heavy atom. The molecule has 0 aliphatic heterocycles. The molecule has 0 aliphatic rings. The van der Waals surface area contributed by atoms with Crippen molar-refractivity contribution in [3.8, 4) is 23.3 Å². The molecule has 1 atom stereocenters. The maximum Gasteiger partial charge on any atom is 0.203 e. The number of hydrogen-bond donors (Lipinski definition) is 0. The zero-order chi connectivity index (χ0) is 23.3. The van der Waals surface area contributed by atoms with Crippen LogP contribution in [0.5, 0.6) is 17.2 Å². The van der Waals surface area contributed by atoms with Gasteiger partial charge < -0.3 is 19.1 Å². The predicted octanol–water partition coefficient (Wildman–Crippen LogP) is 6.20. The SMILES string of the molecule is CCCCCCCCN(C)CCC[C@@](C#N)(c1ccc(OC)c(OC)c1OC)C(C)C. The summed E-state index contributed by atoms with van der Waals surface area (Å²) in [5, 5.41) is 10.3. The first kappa shape index (κ1) is 27.1. The van der Waals surface area contributed by atoms with Gasteiger partial charge in [0.2, 0.25) is 5.75 Å². The van der Waals surface area contributed by atoms with Crippen LogP contribution in [0.2, 0.25) is 0 Å². The largest absolute Gasteiger partial charge is 0.493 e. The summed E-state index contributed by atoms with van der Waals surface area (Å²) >= 11 is 0. The van der Waals surface area contributed by atoms with Gasteiger partial charge in [-0.2, -0.15) is 5.26 Å². The van der Waals surface area contributed by atoms with Crippen molar-refractivity contribution in [3.63, 3.8) is 0 Å². The second kappa shape index (κ2) is 14.2. The molecule has 0 unspecified atom stereocenters. The number of unbranched alkanes of at least 4 members (excludes halogenated alkanes) is 5. The predicted molar refractivity (Wildman–Crippen MR) is 128 cm³/mol. The van der Waals surface area contributed by atoms with Gasteiger partial charge in [0.1, 0.15) is 0 Å². The van der Waals surface area contributed by atoms with Crippen LogP contribution in [0.3, 0.4) is 0 Å². The van der Waals surface area contributed by atoms with Gasteiger partial charge in [-0.3, -0.25) is 0 Å². The van der Waals surface area contributed by atoms with E-state index in [0.717, 1.165) is 31.5 Å².